The number of aromatic nitrogens is 2. The molecule has 32 heavy (non-hydrogen) atoms. The van der Waals surface area contributed by atoms with Crippen molar-refractivity contribution in [2.45, 2.75) is 52.2 Å². The number of amides is 1. The van der Waals surface area contributed by atoms with Crippen molar-refractivity contribution in [2.75, 3.05) is 6.61 Å². The lowest BCUT2D eigenvalue weighted by atomic mass is 9.99. The predicted molar refractivity (Wildman–Crippen MR) is 118 cm³/mol. The van der Waals surface area contributed by atoms with Crippen LogP contribution in [0.15, 0.2) is 42.6 Å². The second-order valence-electron chi connectivity index (χ2n) is 8.62. The van der Waals surface area contributed by atoms with Crippen LogP contribution in [0, 0.1) is 5.92 Å². The molecule has 0 unspecified atom stereocenters. The van der Waals surface area contributed by atoms with Crippen LogP contribution in [0.2, 0.25) is 0 Å². The van der Waals surface area contributed by atoms with Crippen LogP contribution in [0.5, 0.6) is 11.5 Å². The molecule has 1 aliphatic rings. The average molecular weight is 443 g/mol. The molecule has 170 valence electrons. The van der Waals surface area contributed by atoms with Crippen LogP contribution in [0.25, 0.3) is 16.6 Å². The van der Waals surface area contributed by atoms with Crippen LogP contribution < -0.4 is 14.8 Å². The van der Waals surface area contributed by atoms with Crippen molar-refractivity contribution in [1.82, 2.24) is 15.1 Å². The van der Waals surface area contributed by atoms with Gasteiger partial charge in [-0.2, -0.15) is 13.9 Å². The number of halogens is 2. The topological polar surface area (TPSA) is 65.4 Å². The molecule has 2 atom stereocenters. The highest BCUT2D eigenvalue weighted by Crippen LogP contribution is 2.30. The van der Waals surface area contributed by atoms with E-state index in [-0.39, 0.29) is 5.92 Å². The molecule has 0 spiro atoms. The molecular weight excluding hydrogens is 416 g/mol. The molecule has 1 aliphatic heterocycles. The average Bonchev–Trinajstić information content (AvgIpc) is 3.36. The van der Waals surface area contributed by atoms with E-state index in [1.54, 1.807) is 13.1 Å². The molecule has 0 radical (unpaired) electrons. The minimum Gasteiger partial charge on any atom is -0.493 e. The van der Waals surface area contributed by atoms with E-state index in [1.165, 1.54) is 5.56 Å². The van der Waals surface area contributed by atoms with E-state index in [0.29, 0.717) is 19.3 Å². The second kappa shape index (κ2) is 8.41. The first-order valence-electron chi connectivity index (χ1n) is 10.7. The highest BCUT2D eigenvalue weighted by molar-refractivity contribution is 5.83. The first-order chi connectivity index (χ1) is 15.1. The first kappa shape index (κ1) is 22.0. The fourth-order valence-electron chi connectivity index (χ4n) is 3.99. The lowest BCUT2D eigenvalue weighted by Gasteiger charge is -2.30. The molecule has 4 rings (SSSR count). The summed E-state index contributed by atoms with van der Waals surface area (Å²) in [6.45, 7) is 6.76. The van der Waals surface area contributed by atoms with Crippen molar-refractivity contribution in [3.8, 4) is 17.2 Å². The minimum absolute atomic E-state index is 0.0911. The summed E-state index contributed by atoms with van der Waals surface area (Å²) >= 11 is 0. The van der Waals surface area contributed by atoms with Crippen LogP contribution in [-0.4, -0.2) is 40.4 Å². The first-order valence-corrected chi connectivity index (χ1v) is 10.7. The maximum atomic E-state index is 13.4. The van der Waals surface area contributed by atoms with Gasteiger partial charge in [-0.05, 0) is 54.8 Å². The molecule has 2 aromatic carbocycles. The van der Waals surface area contributed by atoms with Gasteiger partial charge in [-0.25, -0.2) is 4.68 Å². The number of hydrogen-bond acceptors (Lipinski definition) is 4. The second-order valence-corrected chi connectivity index (χ2v) is 8.62. The van der Waals surface area contributed by atoms with E-state index < -0.39 is 24.0 Å². The Morgan fingerprint density at radius 1 is 1.22 bits per heavy atom. The van der Waals surface area contributed by atoms with Gasteiger partial charge in [0, 0.05) is 18.7 Å². The molecule has 1 aromatic heterocycles. The molecule has 0 aliphatic carbocycles. The maximum absolute atomic E-state index is 13.4. The normalized spacial score (nSPS) is 15.3. The van der Waals surface area contributed by atoms with Crippen LogP contribution in [-0.2, 0) is 11.2 Å². The number of alkyl halides is 2. The summed E-state index contributed by atoms with van der Waals surface area (Å²) in [6.07, 6.45) is 2.14. The highest BCUT2D eigenvalue weighted by atomic mass is 19.3. The smallest absolute Gasteiger partial charge is 0.321 e. The summed E-state index contributed by atoms with van der Waals surface area (Å²) < 4.78 is 40.2. The molecule has 2 heterocycles. The van der Waals surface area contributed by atoms with E-state index in [1.807, 2.05) is 48.9 Å². The van der Waals surface area contributed by atoms with Crippen molar-refractivity contribution in [3.05, 3.63) is 48.2 Å². The summed E-state index contributed by atoms with van der Waals surface area (Å²) in [6, 6.07) is 11.0. The number of hydrogen-bond donors (Lipinski definition) is 1. The molecule has 0 saturated carbocycles. The van der Waals surface area contributed by atoms with Gasteiger partial charge in [-0.3, -0.25) is 4.79 Å². The molecule has 0 saturated heterocycles. The molecule has 0 bridgehead atoms. The van der Waals surface area contributed by atoms with Gasteiger partial charge >= 0.3 is 5.92 Å². The molecule has 8 heteroatoms. The number of nitrogens with one attached hydrogen (secondary N) is 1. The number of nitrogens with zero attached hydrogens (tertiary/aromatic N) is 2. The number of rotatable bonds is 7. The van der Waals surface area contributed by atoms with E-state index >= 15 is 0 Å². The zero-order valence-electron chi connectivity index (χ0n) is 18.6. The standard InChI is InChI=1S/C24H27F2N3O3/c1-14(2)22(28-23(30)24(4,25)26)15(3)32-19-6-7-20-17(12-19)13-27-29(20)18-5-8-21-16(11-18)9-10-31-21/h5-8,11-15,22H,9-10H2,1-4H3,(H,28,30)/t15-,22+/m1/s1. The summed E-state index contributed by atoms with van der Waals surface area (Å²) in [5.74, 6) is -3.34. The van der Waals surface area contributed by atoms with E-state index in [9.17, 15) is 13.6 Å². The van der Waals surface area contributed by atoms with Crippen molar-refractivity contribution >= 4 is 16.8 Å². The predicted octanol–water partition coefficient (Wildman–Crippen LogP) is 4.52. The van der Waals surface area contributed by atoms with Gasteiger partial charge in [-0.1, -0.05) is 13.8 Å². The van der Waals surface area contributed by atoms with Crippen molar-refractivity contribution in [3.63, 3.8) is 0 Å². The number of fused-ring (bicyclic) bond motifs is 2. The Morgan fingerprint density at radius 3 is 2.72 bits per heavy atom. The SMILES string of the molecule is CC(C)[C@H](NC(=O)C(C)(F)F)[C@@H](C)Oc1ccc2c(cnn2-c2ccc3c(c2)CCO3)c1. The quantitative estimate of drug-likeness (QED) is 0.583. The summed E-state index contributed by atoms with van der Waals surface area (Å²) in [5, 5.41) is 7.83. The Morgan fingerprint density at radius 2 is 2.00 bits per heavy atom. The lowest BCUT2D eigenvalue weighted by Crippen LogP contribution is -2.52. The number of benzene rings is 2. The fraction of sp³-hybridized carbons (Fsp3) is 0.417. The van der Waals surface area contributed by atoms with Gasteiger partial charge in [0.1, 0.15) is 17.6 Å². The Labute approximate surface area is 185 Å². The summed E-state index contributed by atoms with van der Waals surface area (Å²) in [5.41, 5.74) is 3.04. The molecular formula is C24H27F2N3O3. The minimum atomic E-state index is -3.44. The van der Waals surface area contributed by atoms with Crippen molar-refractivity contribution < 1.29 is 23.0 Å². The van der Waals surface area contributed by atoms with Crippen LogP contribution in [0.1, 0.15) is 33.3 Å². The Hall–Kier alpha value is -3.16. The number of carbonyl (C=O) groups excluding carboxylic acids is 1. The fourth-order valence-corrected chi connectivity index (χ4v) is 3.99. The summed E-state index contributed by atoms with van der Waals surface area (Å²) in [7, 11) is 0. The summed E-state index contributed by atoms with van der Waals surface area (Å²) in [4.78, 5) is 11.8. The molecule has 3 aromatic rings. The zero-order chi connectivity index (χ0) is 23.0. The molecule has 1 N–H and O–H groups in total. The van der Waals surface area contributed by atoms with E-state index in [0.717, 1.165) is 28.8 Å². The maximum Gasteiger partial charge on any atom is 0.321 e. The van der Waals surface area contributed by atoms with E-state index in [4.69, 9.17) is 9.47 Å². The van der Waals surface area contributed by atoms with Gasteiger partial charge in [0.25, 0.3) is 5.91 Å². The van der Waals surface area contributed by atoms with E-state index in [2.05, 4.69) is 16.5 Å². The Bertz CT molecular complexity index is 1140. The van der Waals surface area contributed by atoms with Gasteiger partial charge in [0.05, 0.1) is 30.0 Å². The molecule has 6 nitrogen and oxygen atoms in total. The third-order valence-corrected chi connectivity index (χ3v) is 5.70. The number of ether oxygens (including phenoxy) is 2. The molecule has 0 fully saturated rings. The Kier molecular flexibility index (Phi) is 5.79. The third-order valence-electron chi connectivity index (χ3n) is 5.70. The van der Waals surface area contributed by atoms with Gasteiger partial charge in [-0.15, -0.1) is 0 Å². The Balaban J connectivity index is 1.53. The van der Waals surface area contributed by atoms with Gasteiger partial charge < -0.3 is 14.8 Å². The van der Waals surface area contributed by atoms with Crippen molar-refractivity contribution in [2.24, 2.45) is 5.92 Å². The van der Waals surface area contributed by atoms with Crippen LogP contribution >= 0.6 is 0 Å². The number of carbonyl (C=O) groups is 1. The van der Waals surface area contributed by atoms with Crippen LogP contribution in [0.4, 0.5) is 8.78 Å². The van der Waals surface area contributed by atoms with Gasteiger partial charge in [0.15, 0.2) is 0 Å². The largest absolute Gasteiger partial charge is 0.493 e. The lowest BCUT2D eigenvalue weighted by molar-refractivity contribution is -0.144. The van der Waals surface area contributed by atoms with Crippen molar-refractivity contribution in [1.29, 1.82) is 0 Å². The van der Waals surface area contributed by atoms with Gasteiger partial charge in [0.2, 0.25) is 0 Å². The molecule has 1 amide bonds. The van der Waals surface area contributed by atoms with Crippen LogP contribution in [0.3, 0.4) is 0 Å². The highest BCUT2D eigenvalue weighted by Gasteiger charge is 2.36. The monoisotopic (exact) mass is 443 g/mol. The zero-order valence-corrected chi connectivity index (χ0v) is 18.6. The third kappa shape index (κ3) is 4.40.